The SMILES string of the molecule is CCOC(=O)C1(Cc2cc(-c3ccccc3C)no2)CCN(Cc2cccc(O)c2)CC1. The summed E-state index contributed by atoms with van der Waals surface area (Å²) in [5.41, 5.74) is 3.40. The number of carbonyl (C=O) groups excluding carboxylic acids is 1. The summed E-state index contributed by atoms with van der Waals surface area (Å²) in [5.74, 6) is 0.818. The topological polar surface area (TPSA) is 75.8 Å². The monoisotopic (exact) mass is 434 g/mol. The first-order valence-electron chi connectivity index (χ1n) is 11.2. The summed E-state index contributed by atoms with van der Waals surface area (Å²) in [6.07, 6.45) is 1.85. The molecule has 1 aliphatic heterocycles. The van der Waals surface area contributed by atoms with Gasteiger partial charge in [-0.2, -0.15) is 0 Å². The molecule has 0 amide bonds. The van der Waals surface area contributed by atoms with Crippen LogP contribution in [0.1, 0.15) is 36.7 Å². The summed E-state index contributed by atoms with van der Waals surface area (Å²) >= 11 is 0. The van der Waals surface area contributed by atoms with Gasteiger partial charge < -0.3 is 14.4 Å². The third-order valence-corrected chi connectivity index (χ3v) is 6.33. The largest absolute Gasteiger partial charge is 0.508 e. The highest BCUT2D eigenvalue weighted by atomic mass is 16.5. The summed E-state index contributed by atoms with van der Waals surface area (Å²) in [7, 11) is 0. The van der Waals surface area contributed by atoms with E-state index in [1.54, 1.807) is 12.1 Å². The lowest BCUT2D eigenvalue weighted by atomic mass is 9.74. The van der Waals surface area contributed by atoms with Crippen LogP contribution in [0.3, 0.4) is 0 Å². The molecule has 3 aromatic rings. The number of likely N-dealkylation sites (tertiary alicyclic amines) is 1. The zero-order chi connectivity index (χ0) is 22.6. The molecule has 2 heterocycles. The predicted octanol–water partition coefficient (Wildman–Crippen LogP) is 4.74. The van der Waals surface area contributed by atoms with Crippen LogP contribution in [0.4, 0.5) is 0 Å². The van der Waals surface area contributed by atoms with E-state index in [-0.39, 0.29) is 11.7 Å². The maximum atomic E-state index is 13.0. The van der Waals surface area contributed by atoms with Gasteiger partial charge in [0.2, 0.25) is 0 Å². The second-order valence-electron chi connectivity index (χ2n) is 8.62. The molecule has 32 heavy (non-hydrogen) atoms. The average Bonchev–Trinajstić information content (AvgIpc) is 3.24. The maximum Gasteiger partial charge on any atom is 0.312 e. The Balaban J connectivity index is 1.49. The Morgan fingerprint density at radius 2 is 1.94 bits per heavy atom. The van der Waals surface area contributed by atoms with E-state index in [0.717, 1.165) is 42.0 Å². The normalized spacial score (nSPS) is 16.1. The summed E-state index contributed by atoms with van der Waals surface area (Å²) < 4.78 is 11.2. The van der Waals surface area contributed by atoms with E-state index >= 15 is 0 Å². The lowest BCUT2D eigenvalue weighted by molar-refractivity contribution is -0.159. The quantitative estimate of drug-likeness (QED) is 0.541. The van der Waals surface area contributed by atoms with Crippen LogP contribution in [0.15, 0.2) is 59.1 Å². The zero-order valence-electron chi connectivity index (χ0n) is 18.7. The van der Waals surface area contributed by atoms with Crippen molar-refractivity contribution in [2.24, 2.45) is 5.41 Å². The number of benzene rings is 2. The fourth-order valence-corrected chi connectivity index (χ4v) is 4.51. The standard InChI is InChI=1S/C26H30N2O4/c1-3-31-25(30)26(11-13-28(14-12-26)18-20-8-6-9-21(29)15-20)17-22-16-24(27-32-22)23-10-5-4-7-19(23)2/h4-10,15-16,29H,3,11-14,17-18H2,1-2H3. The van der Waals surface area contributed by atoms with E-state index in [1.165, 1.54) is 0 Å². The van der Waals surface area contributed by atoms with Crippen LogP contribution in [0.5, 0.6) is 5.75 Å². The number of hydrogen-bond donors (Lipinski definition) is 1. The van der Waals surface area contributed by atoms with Crippen molar-refractivity contribution in [2.75, 3.05) is 19.7 Å². The van der Waals surface area contributed by atoms with E-state index in [9.17, 15) is 9.90 Å². The Bertz CT molecular complexity index is 1070. The first-order chi connectivity index (χ1) is 15.5. The van der Waals surface area contributed by atoms with Crippen molar-refractivity contribution >= 4 is 5.97 Å². The molecule has 1 saturated heterocycles. The summed E-state index contributed by atoms with van der Waals surface area (Å²) in [6, 6.07) is 17.3. The second-order valence-corrected chi connectivity index (χ2v) is 8.62. The van der Waals surface area contributed by atoms with Crippen molar-refractivity contribution in [2.45, 2.75) is 39.7 Å². The molecule has 6 heteroatoms. The van der Waals surface area contributed by atoms with E-state index < -0.39 is 5.41 Å². The minimum Gasteiger partial charge on any atom is -0.508 e. The van der Waals surface area contributed by atoms with Gasteiger partial charge in [0.05, 0.1) is 12.0 Å². The molecule has 0 saturated carbocycles. The van der Waals surface area contributed by atoms with Crippen molar-refractivity contribution < 1.29 is 19.2 Å². The van der Waals surface area contributed by atoms with Crippen LogP contribution < -0.4 is 0 Å². The van der Waals surface area contributed by atoms with Crippen LogP contribution in [0.25, 0.3) is 11.3 Å². The third-order valence-electron chi connectivity index (χ3n) is 6.33. The van der Waals surface area contributed by atoms with Gasteiger partial charge in [-0.3, -0.25) is 9.69 Å². The van der Waals surface area contributed by atoms with Gasteiger partial charge in [-0.1, -0.05) is 41.6 Å². The first-order valence-corrected chi connectivity index (χ1v) is 11.2. The number of ether oxygens (including phenoxy) is 1. The van der Waals surface area contributed by atoms with Gasteiger partial charge in [-0.15, -0.1) is 0 Å². The number of nitrogens with zero attached hydrogens (tertiary/aromatic N) is 2. The van der Waals surface area contributed by atoms with Crippen LogP contribution >= 0.6 is 0 Å². The minimum atomic E-state index is -0.617. The molecule has 1 aliphatic rings. The molecule has 0 radical (unpaired) electrons. The van der Waals surface area contributed by atoms with Crippen molar-refractivity contribution in [3.63, 3.8) is 0 Å². The fraction of sp³-hybridized carbons (Fsp3) is 0.385. The number of aromatic nitrogens is 1. The third kappa shape index (κ3) is 4.86. The van der Waals surface area contributed by atoms with E-state index in [2.05, 4.69) is 10.1 Å². The highest BCUT2D eigenvalue weighted by Crippen LogP contribution is 2.38. The molecule has 1 fully saturated rings. The van der Waals surface area contributed by atoms with E-state index in [0.29, 0.717) is 31.6 Å². The van der Waals surface area contributed by atoms with Crippen LogP contribution in [0, 0.1) is 12.3 Å². The summed E-state index contributed by atoms with van der Waals surface area (Å²) in [5, 5.41) is 14.0. The smallest absolute Gasteiger partial charge is 0.312 e. The van der Waals surface area contributed by atoms with Gasteiger partial charge in [0.25, 0.3) is 0 Å². The van der Waals surface area contributed by atoms with Gasteiger partial charge in [0.15, 0.2) is 0 Å². The van der Waals surface area contributed by atoms with Crippen molar-refractivity contribution in [3.8, 4) is 17.0 Å². The van der Waals surface area contributed by atoms with Gasteiger partial charge in [-0.25, -0.2) is 0 Å². The number of aryl methyl sites for hydroxylation is 1. The minimum absolute atomic E-state index is 0.161. The summed E-state index contributed by atoms with van der Waals surface area (Å²) in [4.78, 5) is 15.3. The summed E-state index contributed by atoms with van der Waals surface area (Å²) in [6.45, 7) is 6.53. The Kier molecular flexibility index (Phi) is 6.61. The first kappa shape index (κ1) is 22.1. The molecule has 0 bridgehead atoms. The van der Waals surface area contributed by atoms with Crippen LogP contribution in [0.2, 0.25) is 0 Å². The molecule has 0 atom stereocenters. The Labute approximate surface area is 188 Å². The molecular formula is C26H30N2O4. The average molecular weight is 435 g/mol. The number of hydrogen-bond acceptors (Lipinski definition) is 6. The molecule has 168 valence electrons. The molecule has 0 spiro atoms. The number of phenolic OH excluding ortho intramolecular Hbond substituents is 1. The Morgan fingerprint density at radius 1 is 1.16 bits per heavy atom. The molecule has 4 rings (SSSR count). The number of phenols is 1. The number of carbonyl (C=O) groups is 1. The zero-order valence-corrected chi connectivity index (χ0v) is 18.7. The van der Waals surface area contributed by atoms with Crippen LogP contribution in [-0.4, -0.2) is 40.8 Å². The van der Waals surface area contributed by atoms with Gasteiger partial charge >= 0.3 is 5.97 Å². The van der Waals surface area contributed by atoms with E-state index in [4.69, 9.17) is 9.26 Å². The van der Waals surface area contributed by atoms with Crippen molar-refractivity contribution in [1.29, 1.82) is 0 Å². The molecule has 1 N–H and O–H groups in total. The van der Waals surface area contributed by atoms with Crippen LogP contribution in [-0.2, 0) is 22.5 Å². The van der Waals surface area contributed by atoms with Gasteiger partial charge in [0, 0.05) is 24.6 Å². The lowest BCUT2D eigenvalue weighted by Crippen LogP contribution is -2.46. The van der Waals surface area contributed by atoms with Crippen molar-refractivity contribution in [3.05, 3.63) is 71.5 Å². The number of piperidine rings is 1. The Morgan fingerprint density at radius 3 is 2.66 bits per heavy atom. The van der Waals surface area contributed by atoms with Gasteiger partial charge in [0.1, 0.15) is 17.2 Å². The predicted molar refractivity (Wildman–Crippen MR) is 122 cm³/mol. The number of aromatic hydroxyl groups is 1. The van der Waals surface area contributed by atoms with Crippen molar-refractivity contribution in [1.82, 2.24) is 10.1 Å². The molecule has 0 unspecified atom stereocenters. The van der Waals surface area contributed by atoms with Gasteiger partial charge in [-0.05, 0) is 63.0 Å². The fourth-order valence-electron chi connectivity index (χ4n) is 4.51. The second kappa shape index (κ2) is 9.57. The van der Waals surface area contributed by atoms with E-state index in [1.807, 2.05) is 56.3 Å². The molecule has 1 aromatic heterocycles. The molecule has 2 aromatic carbocycles. The Hall–Kier alpha value is -3.12. The highest BCUT2D eigenvalue weighted by molar-refractivity contribution is 5.77. The lowest BCUT2D eigenvalue weighted by Gasteiger charge is -2.39. The highest BCUT2D eigenvalue weighted by Gasteiger charge is 2.43. The number of esters is 1. The molecular weight excluding hydrogens is 404 g/mol. The maximum absolute atomic E-state index is 13.0. The molecule has 6 nitrogen and oxygen atoms in total. The number of rotatable bonds is 7. The molecule has 0 aliphatic carbocycles.